The molecule has 1 aromatic carbocycles. The smallest absolute Gasteiger partial charge is 0.132 e. The Kier molecular flexibility index (Phi) is 4.11. The van der Waals surface area contributed by atoms with E-state index in [-0.39, 0.29) is 6.04 Å². The Hall–Kier alpha value is -1.61. The molecule has 1 saturated carbocycles. The summed E-state index contributed by atoms with van der Waals surface area (Å²) in [4.78, 5) is 7.30. The maximum absolute atomic E-state index is 6.19. The van der Waals surface area contributed by atoms with Crippen molar-refractivity contribution in [2.45, 2.75) is 51.1 Å². The van der Waals surface area contributed by atoms with Gasteiger partial charge in [-0.15, -0.1) is 0 Å². The summed E-state index contributed by atoms with van der Waals surface area (Å²) in [5.74, 6) is 1.13. The molecular formula is C18H25N3. The first-order valence-electron chi connectivity index (χ1n) is 8.06. The summed E-state index contributed by atoms with van der Waals surface area (Å²) < 4.78 is 0. The van der Waals surface area contributed by atoms with E-state index in [0.717, 1.165) is 24.2 Å². The van der Waals surface area contributed by atoms with Crippen molar-refractivity contribution in [3.8, 4) is 0 Å². The van der Waals surface area contributed by atoms with E-state index >= 15 is 0 Å². The number of nitrogens with two attached hydrogens (primary N) is 1. The van der Waals surface area contributed by atoms with Gasteiger partial charge in [-0.3, -0.25) is 0 Å². The van der Waals surface area contributed by atoms with Crippen molar-refractivity contribution in [2.75, 3.05) is 11.9 Å². The van der Waals surface area contributed by atoms with Crippen LogP contribution >= 0.6 is 0 Å². The lowest BCUT2D eigenvalue weighted by Gasteiger charge is -2.37. The van der Waals surface area contributed by atoms with E-state index in [1.54, 1.807) is 0 Å². The number of fused-ring (bicyclic) bond motifs is 1. The number of para-hydroxylation sites is 1. The van der Waals surface area contributed by atoms with Crippen LogP contribution in [0.5, 0.6) is 0 Å². The average molecular weight is 283 g/mol. The normalized spacial score (nSPS) is 16.7. The lowest BCUT2D eigenvalue weighted by molar-refractivity contribution is 0.398. The third kappa shape index (κ3) is 2.88. The molecule has 1 fully saturated rings. The number of aromatic nitrogens is 1. The molecule has 1 atom stereocenters. The number of rotatable bonds is 5. The summed E-state index contributed by atoms with van der Waals surface area (Å²) in [6.07, 6.45) is 5.81. The second kappa shape index (κ2) is 6.02. The van der Waals surface area contributed by atoms with Crippen LogP contribution in [-0.4, -0.2) is 24.1 Å². The molecule has 3 rings (SSSR count). The Balaban J connectivity index is 2.02. The first-order valence-corrected chi connectivity index (χ1v) is 8.06. The molecule has 2 N–H and O–H groups in total. The Morgan fingerprint density at radius 1 is 1.33 bits per heavy atom. The van der Waals surface area contributed by atoms with Gasteiger partial charge < -0.3 is 10.6 Å². The van der Waals surface area contributed by atoms with Crippen LogP contribution in [0.1, 0.15) is 38.2 Å². The van der Waals surface area contributed by atoms with E-state index in [9.17, 15) is 0 Å². The quantitative estimate of drug-likeness (QED) is 0.913. The van der Waals surface area contributed by atoms with Crippen molar-refractivity contribution in [2.24, 2.45) is 5.73 Å². The van der Waals surface area contributed by atoms with E-state index < -0.39 is 0 Å². The second-order valence-corrected chi connectivity index (χ2v) is 6.23. The highest BCUT2D eigenvalue weighted by Gasteiger charge is 2.25. The molecule has 21 heavy (non-hydrogen) atoms. The van der Waals surface area contributed by atoms with Gasteiger partial charge in [0.25, 0.3) is 0 Å². The van der Waals surface area contributed by atoms with Gasteiger partial charge in [0.05, 0.1) is 5.52 Å². The van der Waals surface area contributed by atoms with Gasteiger partial charge in [0.15, 0.2) is 0 Å². The van der Waals surface area contributed by atoms with Crippen LogP contribution in [0, 0.1) is 0 Å². The Morgan fingerprint density at radius 2 is 2.10 bits per heavy atom. The molecule has 0 spiro atoms. The summed E-state index contributed by atoms with van der Waals surface area (Å²) in [7, 11) is 2.18. The maximum atomic E-state index is 6.19. The summed E-state index contributed by atoms with van der Waals surface area (Å²) in [5, 5.41) is 1.21. The van der Waals surface area contributed by atoms with Crippen molar-refractivity contribution in [1.82, 2.24) is 4.98 Å². The molecule has 0 bridgehead atoms. The zero-order valence-electron chi connectivity index (χ0n) is 13.0. The number of benzene rings is 1. The molecule has 1 aromatic heterocycles. The highest BCUT2D eigenvalue weighted by atomic mass is 15.2. The zero-order valence-corrected chi connectivity index (χ0v) is 13.0. The molecule has 1 aliphatic carbocycles. The zero-order chi connectivity index (χ0) is 14.8. The summed E-state index contributed by atoms with van der Waals surface area (Å²) in [6, 6.07) is 11.5. The van der Waals surface area contributed by atoms with Crippen molar-refractivity contribution < 1.29 is 0 Å². The fourth-order valence-electron chi connectivity index (χ4n) is 2.98. The average Bonchev–Trinajstić information content (AvgIpc) is 2.44. The number of anilines is 1. The van der Waals surface area contributed by atoms with E-state index in [2.05, 4.69) is 49.2 Å². The summed E-state index contributed by atoms with van der Waals surface area (Å²) in [6.45, 7) is 2.15. The Labute approximate surface area is 127 Å². The van der Waals surface area contributed by atoms with Crippen molar-refractivity contribution in [3.63, 3.8) is 0 Å². The van der Waals surface area contributed by atoms with Crippen LogP contribution in [-0.2, 0) is 6.42 Å². The number of hydrogen-bond donors (Lipinski definition) is 1. The molecule has 3 heteroatoms. The minimum atomic E-state index is 0.210. The third-order valence-electron chi connectivity index (χ3n) is 4.74. The molecule has 1 unspecified atom stereocenters. The van der Waals surface area contributed by atoms with Crippen LogP contribution < -0.4 is 10.6 Å². The number of hydrogen-bond acceptors (Lipinski definition) is 3. The Morgan fingerprint density at radius 3 is 2.76 bits per heavy atom. The van der Waals surface area contributed by atoms with Gasteiger partial charge in [0.2, 0.25) is 0 Å². The van der Waals surface area contributed by atoms with Crippen LogP contribution in [0.3, 0.4) is 0 Å². The molecule has 0 amide bonds. The minimum Gasteiger partial charge on any atom is -0.356 e. The van der Waals surface area contributed by atoms with Crippen LogP contribution in [0.25, 0.3) is 10.9 Å². The molecule has 112 valence electrons. The van der Waals surface area contributed by atoms with Crippen LogP contribution in [0.4, 0.5) is 5.82 Å². The lowest BCUT2D eigenvalue weighted by Crippen LogP contribution is -2.38. The van der Waals surface area contributed by atoms with Gasteiger partial charge >= 0.3 is 0 Å². The van der Waals surface area contributed by atoms with Crippen LogP contribution in [0.15, 0.2) is 30.3 Å². The molecule has 2 aromatic rings. The first kappa shape index (κ1) is 14.3. The highest BCUT2D eigenvalue weighted by molar-refractivity contribution is 5.82. The van der Waals surface area contributed by atoms with Gasteiger partial charge in [-0.05, 0) is 49.8 Å². The van der Waals surface area contributed by atoms with Gasteiger partial charge in [-0.25, -0.2) is 4.98 Å². The number of nitrogens with zero attached hydrogens (tertiary/aromatic N) is 2. The molecule has 1 aliphatic rings. The molecule has 0 aliphatic heterocycles. The predicted octanol–water partition coefficient (Wildman–Crippen LogP) is 3.50. The van der Waals surface area contributed by atoms with Gasteiger partial charge in [-0.1, -0.05) is 25.1 Å². The van der Waals surface area contributed by atoms with E-state index in [4.69, 9.17) is 10.7 Å². The minimum absolute atomic E-state index is 0.210. The number of pyridine rings is 1. The predicted molar refractivity (Wildman–Crippen MR) is 89.8 cm³/mol. The second-order valence-electron chi connectivity index (χ2n) is 6.23. The van der Waals surface area contributed by atoms with E-state index in [0.29, 0.717) is 6.04 Å². The maximum Gasteiger partial charge on any atom is 0.132 e. The standard InChI is InChI=1S/C18H25N3/c1-3-15(19)12-14-11-13-7-4-5-10-17(13)20-18(14)21(2)16-8-6-9-16/h4-5,7,10-11,15-16H,3,6,8-9,12,19H2,1-2H3. The molecular weight excluding hydrogens is 258 g/mol. The van der Waals surface area contributed by atoms with Crippen molar-refractivity contribution >= 4 is 16.7 Å². The highest BCUT2D eigenvalue weighted by Crippen LogP contribution is 2.31. The van der Waals surface area contributed by atoms with Gasteiger partial charge in [0, 0.05) is 24.5 Å². The van der Waals surface area contributed by atoms with Crippen molar-refractivity contribution in [1.29, 1.82) is 0 Å². The Bertz CT molecular complexity index is 619. The molecule has 0 saturated heterocycles. The monoisotopic (exact) mass is 283 g/mol. The lowest BCUT2D eigenvalue weighted by atomic mass is 9.91. The molecule has 3 nitrogen and oxygen atoms in total. The molecule has 1 heterocycles. The van der Waals surface area contributed by atoms with Gasteiger partial charge in [-0.2, -0.15) is 0 Å². The fraction of sp³-hybridized carbons (Fsp3) is 0.500. The summed E-state index contributed by atoms with van der Waals surface area (Å²) >= 11 is 0. The van der Waals surface area contributed by atoms with E-state index in [1.807, 2.05) is 0 Å². The largest absolute Gasteiger partial charge is 0.356 e. The fourth-order valence-corrected chi connectivity index (χ4v) is 2.98. The van der Waals surface area contributed by atoms with Crippen LogP contribution in [0.2, 0.25) is 0 Å². The molecule has 0 radical (unpaired) electrons. The third-order valence-corrected chi connectivity index (χ3v) is 4.74. The SMILES string of the molecule is CCC(N)Cc1cc2ccccc2nc1N(C)C1CCC1. The summed E-state index contributed by atoms with van der Waals surface area (Å²) in [5.41, 5.74) is 8.56. The van der Waals surface area contributed by atoms with Gasteiger partial charge in [0.1, 0.15) is 5.82 Å². The topological polar surface area (TPSA) is 42.1 Å². The first-order chi connectivity index (χ1) is 10.2. The van der Waals surface area contributed by atoms with E-state index in [1.165, 1.54) is 30.2 Å². The van der Waals surface area contributed by atoms with Crippen molar-refractivity contribution in [3.05, 3.63) is 35.9 Å².